The summed E-state index contributed by atoms with van der Waals surface area (Å²) in [5.41, 5.74) is 0.796. The number of hydrogen-bond donors (Lipinski definition) is 0. The number of ether oxygens (including phenoxy) is 1. The summed E-state index contributed by atoms with van der Waals surface area (Å²) in [6.07, 6.45) is 11.6. The summed E-state index contributed by atoms with van der Waals surface area (Å²) in [7, 11) is 1.72. The summed E-state index contributed by atoms with van der Waals surface area (Å²) >= 11 is 0. The first-order valence-corrected chi connectivity index (χ1v) is 10.7. The average Bonchev–Trinajstić information content (AvgIpc) is 3.20. The molecule has 1 aromatic carbocycles. The molecule has 0 N–H and O–H groups in total. The predicted octanol–water partition coefficient (Wildman–Crippen LogP) is 3.88. The lowest BCUT2D eigenvalue weighted by molar-refractivity contribution is -0.384. The van der Waals surface area contributed by atoms with E-state index in [0.29, 0.717) is 24.9 Å². The first-order chi connectivity index (χ1) is 14.5. The molecule has 30 heavy (non-hydrogen) atoms. The summed E-state index contributed by atoms with van der Waals surface area (Å²) in [6, 6.07) is 4.72. The first kappa shape index (κ1) is 20.5. The van der Waals surface area contributed by atoms with Crippen LogP contribution in [-0.2, 0) is 11.8 Å². The minimum atomic E-state index is -0.408. The molecule has 1 aliphatic heterocycles. The summed E-state index contributed by atoms with van der Waals surface area (Å²) in [4.78, 5) is 30.1. The van der Waals surface area contributed by atoms with Crippen molar-refractivity contribution in [2.45, 2.75) is 57.2 Å². The molecule has 2 fully saturated rings. The topological polar surface area (TPSA) is 90.5 Å². The Labute approximate surface area is 176 Å². The third kappa shape index (κ3) is 4.38. The number of rotatable bonds is 6. The van der Waals surface area contributed by atoms with Gasteiger partial charge in [0, 0.05) is 44.2 Å². The number of piperidine rings is 1. The van der Waals surface area contributed by atoms with Crippen molar-refractivity contribution in [1.29, 1.82) is 0 Å². The molecule has 2 heterocycles. The number of nitro benzene ring substituents is 1. The van der Waals surface area contributed by atoms with E-state index in [4.69, 9.17) is 4.74 Å². The van der Waals surface area contributed by atoms with E-state index in [1.165, 1.54) is 31.5 Å². The fourth-order valence-electron chi connectivity index (χ4n) is 4.50. The van der Waals surface area contributed by atoms with Gasteiger partial charge in [-0.2, -0.15) is 0 Å². The molecule has 2 aromatic rings. The van der Waals surface area contributed by atoms with E-state index in [1.54, 1.807) is 29.9 Å². The van der Waals surface area contributed by atoms with Crippen LogP contribution in [0.25, 0.3) is 0 Å². The molecule has 1 aromatic heterocycles. The van der Waals surface area contributed by atoms with Gasteiger partial charge < -0.3 is 14.2 Å². The smallest absolute Gasteiger partial charge is 0.293 e. The highest BCUT2D eigenvalue weighted by Crippen LogP contribution is 2.33. The normalized spacial score (nSPS) is 18.5. The molecule has 0 radical (unpaired) electrons. The zero-order chi connectivity index (χ0) is 21.1. The van der Waals surface area contributed by atoms with Crippen LogP contribution in [0.1, 0.15) is 61.1 Å². The minimum Gasteiger partial charge on any atom is -0.375 e. The maximum absolute atomic E-state index is 12.7. The van der Waals surface area contributed by atoms with Gasteiger partial charge in [-0.1, -0.05) is 19.3 Å². The standard InChI is InChI=1S/C22H28N4O4/c1-24-14-11-23-22(24)21(27)16-7-8-19(20(15-16)26(28)29)25-12-9-18(10-13-25)30-17-5-3-2-4-6-17/h7-8,11,14-15,17-18H,2-6,9-10,12-13H2,1H3. The molecule has 2 aliphatic rings. The molecular weight excluding hydrogens is 384 g/mol. The van der Waals surface area contributed by atoms with Crippen LogP contribution in [0.3, 0.4) is 0 Å². The first-order valence-electron chi connectivity index (χ1n) is 10.7. The number of aryl methyl sites for hydroxylation is 1. The molecule has 8 nitrogen and oxygen atoms in total. The number of aromatic nitrogens is 2. The maximum atomic E-state index is 12.7. The summed E-state index contributed by atoms with van der Waals surface area (Å²) in [5, 5.41) is 11.7. The average molecular weight is 412 g/mol. The molecule has 0 amide bonds. The Morgan fingerprint density at radius 3 is 2.47 bits per heavy atom. The summed E-state index contributed by atoms with van der Waals surface area (Å²) in [5.74, 6) is -0.0607. The Morgan fingerprint density at radius 2 is 1.83 bits per heavy atom. The Kier molecular flexibility index (Phi) is 6.13. The number of benzene rings is 1. The van der Waals surface area contributed by atoms with Crippen molar-refractivity contribution >= 4 is 17.2 Å². The minimum absolute atomic E-state index is 0.0401. The van der Waals surface area contributed by atoms with Crippen LogP contribution >= 0.6 is 0 Å². The van der Waals surface area contributed by atoms with E-state index in [9.17, 15) is 14.9 Å². The number of nitrogens with zero attached hydrogens (tertiary/aromatic N) is 4. The van der Waals surface area contributed by atoms with Gasteiger partial charge in [0.2, 0.25) is 5.78 Å². The molecule has 160 valence electrons. The number of nitro groups is 1. The predicted molar refractivity (Wildman–Crippen MR) is 113 cm³/mol. The quantitative estimate of drug-likeness (QED) is 0.406. The highest BCUT2D eigenvalue weighted by molar-refractivity contribution is 6.07. The van der Waals surface area contributed by atoms with Crippen molar-refractivity contribution in [3.63, 3.8) is 0 Å². The Balaban J connectivity index is 1.46. The van der Waals surface area contributed by atoms with E-state index in [2.05, 4.69) is 4.98 Å². The van der Waals surface area contributed by atoms with Gasteiger partial charge in [0.25, 0.3) is 5.69 Å². The van der Waals surface area contributed by atoms with Gasteiger partial charge in [-0.25, -0.2) is 4.98 Å². The van der Waals surface area contributed by atoms with Crippen molar-refractivity contribution in [3.05, 3.63) is 52.1 Å². The second-order valence-electron chi connectivity index (χ2n) is 8.23. The summed E-state index contributed by atoms with van der Waals surface area (Å²) < 4.78 is 7.89. The number of ketones is 1. The van der Waals surface area contributed by atoms with Crippen molar-refractivity contribution in [2.24, 2.45) is 7.05 Å². The van der Waals surface area contributed by atoms with Crippen LogP contribution in [0.15, 0.2) is 30.6 Å². The molecule has 4 rings (SSSR count). The van der Waals surface area contributed by atoms with Crippen molar-refractivity contribution in [2.75, 3.05) is 18.0 Å². The molecule has 8 heteroatoms. The second-order valence-corrected chi connectivity index (χ2v) is 8.23. The number of imidazole rings is 1. The van der Waals surface area contributed by atoms with Crippen LogP contribution in [0.4, 0.5) is 11.4 Å². The third-order valence-corrected chi connectivity index (χ3v) is 6.18. The Morgan fingerprint density at radius 1 is 1.13 bits per heavy atom. The number of carbonyl (C=O) groups excluding carboxylic acids is 1. The third-order valence-electron chi connectivity index (χ3n) is 6.18. The second kappa shape index (κ2) is 8.95. The molecule has 0 unspecified atom stereocenters. The van der Waals surface area contributed by atoms with Crippen molar-refractivity contribution in [1.82, 2.24) is 9.55 Å². The zero-order valence-corrected chi connectivity index (χ0v) is 17.3. The van der Waals surface area contributed by atoms with E-state index in [1.807, 2.05) is 4.90 Å². The Bertz CT molecular complexity index is 912. The van der Waals surface area contributed by atoms with Crippen LogP contribution in [0, 0.1) is 10.1 Å². The fraction of sp³-hybridized carbons (Fsp3) is 0.545. The number of anilines is 1. The lowest BCUT2D eigenvalue weighted by atomic mass is 9.97. The van der Waals surface area contributed by atoms with Gasteiger partial charge in [0.15, 0.2) is 5.82 Å². The molecule has 0 spiro atoms. The monoisotopic (exact) mass is 412 g/mol. The molecule has 0 bridgehead atoms. The number of carbonyl (C=O) groups is 1. The zero-order valence-electron chi connectivity index (χ0n) is 17.3. The van der Waals surface area contributed by atoms with Gasteiger partial charge in [-0.3, -0.25) is 14.9 Å². The van der Waals surface area contributed by atoms with Crippen molar-refractivity contribution in [3.8, 4) is 0 Å². The van der Waals surface area contributed by atoms with Crippen molar-refractivity contribution < 1.29 is 14.5 Å². The van der Waals surface area contributed by atoms with Gasteiger partial charge in [0.05, 0.1) is 17.1 Å². The highest BCUT2D eigenvalue weighted by Gasteiger charge is 2.28. The van der Waals surface area contributed by atoms with E-state index in [-0.39, 0.29) is 29.0 Å². The van der Waals surface area contributed by atoms with Crippen LogP contribution in [0.5, 0.6) is 0 Å². The van der Waals surface area contributed by atoms with E-state index < -0.39 is 4.92 Å². The lowest BCUT2D eigenvalue weighted by Crippen LogP contribution is -2.39. The maximum Gasteiger partial charge on any atom is 0.293 e. The van der Waals surface area contributed by atoms with Gasteiger partial charge in [-0.15, -0.1) is 0 Å². The lowest BCUT2D eigenvalue weighted by Gasteiger charge is -2.35. The van der Waals surface area contributed by atoms with Crippen LogP contribution < -0.4 is 4.90 Å². The van der Waals surface area contributed by atoms with Crippen LogP contribution in [0.2, 0.25) is 0 Å². The molecular formula is C22H28N4O4. The molecule has 0 atom stereocenters. The Hall–Kier alpha value is -2.74. The van der Waals surface area contributed by atoms with Crippen LogP contribution in [-0.4, -0.2) is 45.6 Å². The van der Waals surface area contributed by atoms with Gasteiger partial charge in [-0.05, 0) is 37.8 Å². The SMILES string of the molecule is Cn1ccnc1C(=O)c1ccc(N2CCC(OC3CCCCC3)CC2)c([N+](=O)[O-])c1. The van der Waals surface area contributed by atoms with Gasteiger partial charge >= 0.3 is 0 Å². The van der Waals surface area contributed by atoms with E-state index in [0.717, 1.165) is 25.7 Å². The highest BCUT2D eigenvalue weighted by atomic mass is 16.6. The largest absolute Gasteiger partial charge is 0.375 e. The number of hydrogen-bond acceptors (Lipinski definition) is 6. The fourth-order valence-corrected chi connectivity index (χ4v) is 4.50. The molecule has 1 saturated carbocycles. The van der Waals surface area contributed by atoms with E-state index >= 15 is 0 Å². The van der Waals surface area contributed by atoms with Gasteiger partial charge in [0.1, 0.15) is 5.69 Å². The summed E-state index contributed by atoms with van der Waals surface area (Å²) in [6.45, 7) is 1.43. The molecule has 1 saturated heterocycles. The molecule has 1 aliphatic carbocycles.